The minimum atomic E-state index is -0.730. The van der Waals surface area contributed by atoms with Crippen molar-refractivity contribution in [2.45, 2.75) is 13.5 Å². The molecule has 0 saturated carbocycles. The van der Waals surface area contributed by atoms with Crippen LogP contribution >= 0.6 is 0 Å². The van der Waals surface area contributed by atoms with Crippen LogP contribution in [0.3, 0.4) is 0 Å². The van der Waals surface area contributed by atoms with Crippen LogP contribution in [-0.2, 0) is 11.3 Å². The lowest BCUT2D eigenvalue weighted by molar-refractivity contribution is 0.0524. The minimum absolute atomic E-state index is 0.127. The van der Waals surface area contributed by atoms with Crippen molar-refractivity contribution in [2.24, 2.45) is 0 Å². The summed E-state index contributed by atoms with van der Waals surface area (Å²) in [6.07, 6.45) is 6.88. The molecule has 0 aliphatic carbocycles. The molecule has 6 rings (SSSR count). The van der Waals surface area contributed by atoms with Crippen LogP contribution in [0.5, 0.6) is 0 Å². The minimum Gasteiger partial charge on any atom is -0.462 e. The monoisotopic (exact) mass is 551 g/mol. The molecule has 3 aromatic carbocycles. The lowest BCUT2D eigenvalue weighted by Gasteiger charge is -2.37. The second-order valence-electron chi connectivity index (χ2n) is 9.99. The summed E-state index contributed by atoms with van der Waals surface area (Å²) in [5, 5.41) is 0.127. The summed E-state index contributed by atoms with van der Waals surface area (Å²) in [6.45, 7) is 5.21. The van der Waals surface area contributed by atoms with Gasteiger partial charge in [-0.3, -0.25) is 4.79 Å². The van der Waals surface area contributed by atoms with E-state index < -0.39 is 17.2 Å². The summed E-state index contributed by atoms with van der Waals surface area (Å²) in [5.41, 5.74) is 3.21. The molecular formula is C32H30FN5O3. The van der Waals surface area contributed by atoms with E-state index in [1.165, 1.54) is 12.3 Å². The predicted octanol–water partition coefficient (Wildman–Crippen LogP) is 4.88. The van der Waals surface area contributed by atoms with Crippen molar-refractivity contribution in [3.8, 4) is 5.69 Å². The smallest absolute Gasteiger partial charge is 0.343 e. The molecule has 2 aromatic heterocycles. The molecule has 5 aromatic rings. The summed E-state index contributed by atoms with van der Waals surface area (Å²) < 4.78 is 24.5. The number of piperazine rings is 1. The molecule has 0 N–H and O–H groups in total. The molecule has 41 heavy (non-hydrogen) atoms. The number of hydrogen-bond acceptors (Lipinski definition) is 6. The first-order chi connectivity index (χ1) is 20.0. The van der Waals surface area contributed by atoms with E-state index in [1.54, 1.807) is 30.1 Å². The Morgan fingerprint density at radius 2 is 1.68 bits per heavy atom. The molecule has 8 nitrogen and oxygen atoms in total. The SMILES string of the molecule is CCOC(=O)c1cn(-c2ccc(Cn3ccnc3)cc2)c2cc(N3CCN(c4ccccc4)CC3)c(F)cc2c1=O. The fraction of sp³-hybridized carbons (Fsp3) is 0.219. The van der Waals surface area contributed by atoms with E-state index >= 15 is 4.39 Å². The van der Waals surface area contributed by atoms with Gasteiger partial charge in [-0.1, -0.05) is 30.3 Å². The third kappa shape index (κ3) is 5.30. The van der Waals surface area contributed by atoms with Gasteiger partial charge in [-0.25, -0.2) is 14.2 Å². The number of para-hydroxylation sites is 1. The Labute approximate surface area is 236 Å². The molecule has 1 saturated heterocycles. The van der Waals surface area contributed by atoms with Crippen molar-refractivity contribution in [1.29, 1.82) is 0 Å². The summed E-state index contributed by atoms with van der Waals surface area (Å²) in [6, 6.07) is 21.0. The highest BCUT2D eigenvalue weighted by Gasteiger charge is 2.23. The molecule has 1 aliphatic heterocycles. The number of pyridine rings is 1. The zero-order chi connectivity index (χ0) is 28.3. The highest BCUT2D eigenvalue weighted by atomic mass is 19.1. The lowest BCUT2D eigenvalue weighted by atomic mass is 10.1. The van der Waals surface area contributed by atoms with E-state index in [9.17, 15) is 9.59 Å². The summed E-state index contributed by atoms with van der Waals surface area (Å²) in [5.74, 6) is -1.22. The predicted molar refractivity (Wildman–Crippen MR) is 158 cm³/mol. The van der Waals surface area contributed by atoms with Crippen molar-refractivity contribution in [1.82, 2.24) is 14.1 Å². The van der Waals surface area contributed by atoms with Crippen molar-refractivity contribution < 1.29 is 13.9 Å². The number of esters is 1. The third-order valence-electron chi connectivity index (χ3n) is 7.45. The van der Waals surface area contributed by atoms with Gasteiger partial charge in [-0.15, -0.1) is 0 Å². The molecule has 9 heteroatoms. The maximum atomic E-state index is 15.6. The van der Waals surface area contributed by atoms with Crippen LogP contribution in [0, 0.1) is 5.82 Å². The first-order valence-corrected chi connectivity index (χ1v) is 13.7. The molecule has 3 heterocycles. The highest BCUT2D eigenvalue weighted by molar-refractivity contribution is 5.95. The molecule has 0 amide bonds. The standard InChI is InChI=1S/C32H30FN5O3/c1-2-41-32(40)27-21-38(25-10-8-23(9-11-25)20-35-13-12-34-22-35)29-19-30(28(33)18-26(29)31(27)39)37-16-14-36(15-17-37)24-6-4-3-5-7-24/h3-13,18-19,21-22H,2,14-17,20H2,1H3. The van der Waals surface area contributed by atoms with Crippen LogP contribution < -0.4 is 15.2 Å². The van der Waals surface area contributed by atoms with E-state index in [4.69, 9.17) is 4.74 Å². The fourth-order valence-electron chi connectivity index (χ4n) is 5.34. The van der Waals surface area contributed by atoms with Crippen molar-refractivity contribution >= 4 is 28.2 Å². The zero-order valence-corrected chi connectivity index (χ0v) is 22.7. The number of carbonyl (C=O) groups is 1. The number of rotatable bonds is 7. The molecule has 0 atom stereocenters. The lowest BCUT2D eigenvalue weighted by Crippen LogP contribution is -2.46. The number of benzene rings is 3. The van der Waals surface area contributed by atoms with E-state index in [0.29, 0.717) is 30.8 Å². The number of ether oxygens (including phenoxy) is 1. The summed E-state index contributed by atoms with van der Waals surface area (Å²) in [7, 11) is 0. The molecule has 0 bridgehead atoms. The number of aromatic nitrogens is 3. The molecule has 1 fully saturated rings. The van der Waals surface area contributed by atoms with Crippen LogP contribution in [0.25, 0.3) is 16.6 Å². The zero-order valence-electron chi connectivity index (χ0n) is 22.7. The van der Waals surface area contributed by atoms with E-state index in [-0.39, 0.29) is 17.6 Å². The second-order valence-corrected chi connectivity index (χ2v) is 9.99. The maximum absolute atomic E-state index is 15.6. The molecule has 1 aliphatic rings. The Balaban J connectivity index is 1.39. The van der Waals surface area contributed by atoms with Crippen LogP contribution in [0.2, 0.25) is 0 Å². The Morgan fingerprint density at radius 1 is 0.951 bits per heavy atom. The largest absolute Gasteiger partial charge is 0.462 e. The van der Waals surface area contributed by atoms with Gasteiger partial charge in [0, 0.05) is 68.1 Å². The summed E-state index contributed by atoms with van der Waals surface area (Å²) in [4.78, 5) is 34.5. The maximum Gasteiger partial charge on any atom is 0.343 e. The van der Waals surface area contributed by atoms with E-state index in [0.717, 1.165) is 30.0 Å². The second kappa shape index (κ2) is 11.3. The number of nitrogens with zero attached hydrogens (tertiary/aromatic N) is 5. The van der Waals surface area contributed by atoms with Gasteiger partial charge in [0.25, 0.3) is 0 Å². The number of fused-ring (bicyclic) bond motifs is 1. The normalized spacial score (nSPS) is 13.5. The number of imidazole rings is 1. The van der Waals surface area contributed by atoms with Crippen LogP contribution in [0.4, 0.5) is 15.8 Å². The van der Waals surface area contributed by atoms with Gasteiger partial charge in [-0.05, 0) is 48.9 Å². The number of carbonyl (C=O) groups excluding carboxylic acids is 1. The Bertz CT molecular complexity index is 1730. The number of halogens is 1. The Hall–Kier alpha value is -4.92. The van der Waals surface area contributed by atoms with Gasteiger partial charge in [-0.2, -0.15) is 0 Å². The average molecular weight is 552 g/mol. The van der Waals surface area contributed by atoms with Gasteiger partial charge in [0.15, 0.2) is 0 Å². The Morgan fingerprint density at radius 3 is 2.37 bits per heavy atom. The fourth-order valence-corrected chi connectivity index (χ4v) is 5.34. The van der Waals surface area contributed by atoms with Crippen molar-refractivity contribution in [2.75, 3.05) is 42.6 Å². The van der Waals surface area contributed by atoms with Gasteiger partial charge in [0.1, 0.15) is 11.4 Å². The molecule has 0 spiro atoms. The highest BCUT2D eigenvalue weighted by Crippen LogP contribution is 2.29. The Kier molecular flexibility index (Phi) is 7.24. The van der Waals surface area contributed by atoms with E-state index in [1.807, 2.05) is 58.1 Å². The molecular weight excluding hydrogens is 521 g/mol. The average Bonchev–Trinajstić information content (AvgIpc) is 3.52. The molecule has 0 radical (unpaired) electrons. The third-order valence-corrected chi connectivity index (χ3v) is 7.45. The van der Waals surface area contributed by atoms with Crippen LogP contribution in [0.1, 0.15) is 22.8 Å². The number of anilines is 2. The first-order valence-electron chi connectivity index (χ1n) is 13.7. The molecule has 208 valence electrons. The van der Waals surface area contributed by atoms with Gasteiger partial charge >= 0.3 is 5.97 Å². The van der Waals surface area contributed by atoms with Crippen LogP contribution in [0.15, 0.2) is 96.4 Å². The topological polar surface area (TPSA) is 72.6 Å². The molecule has 0 unspecified atom stereocenters. The number of hydrogen-bond donors (Lipinski definition) is 0. The van der Waals surface area contributed by atoms with Gasteiger partial charge < -0.3 is 23.7 Å². The van der Waals surface area contributed by atoms with Gasteiger partial charge in [0.2, 0.25) is 5.43 Å². The van der Waals surface area contributed by atoms with Crippen molar-refractivity contribution in [3.63, 3.8) is 0 Å². The quantitative estimate of drug-likeness (QED) is 0.269. The van der Waals surface area contributed by atoms with E-state index in [2.05, 4.69) is 22.0 Å². The first kappa shape index (κ1) is 26.3. The van der Waals surface area contributed by atoms with Crippen molar-refractivity contribution in [3.05, 3.63) is 119 Å². The summed E-state index contributed by atoms with van der Waals surface area (Å²) >= 11 is 0. The van der Waals surface area contributed by atoms with Crippen LogP contribution in [-0.4, -0.2) is 52.9 Å². The van der Waals surface area contributed by atoms with Gasteiger partial charge in [0.05, 0.1) is 24.1 Å².